The van der Waals surface area contributed by atoms with Crippen LogP contribution in [-0.2, 0) is 20.1 Å². The normalized spacial score (nSPS) is 12.1. The molecule has 0 saturated heterocycles. The van der Waals surface area contributed by atoms with Crippen molar-refractivity contribution in [3.05, 3.63) is 54.6 Å². The topological polar surface area (TPSA) is 103 Å². The van der Waals surface area contributed by atoms with Gasteiger partial charge in [-0.15, -0.1) is 0 Å². The van der Waals surface area contributed by atoms with E-state index in [2.05, 4.69) is 4.72 Å². The minimum Gasteiger partial charge on any atom is -0.744 e. The third kappa shape index (κ3) is 3.35. The first-order valence-corrected chi connectivity index (χ1v) is 8.32. The standard InChI is InChI=1S/C12H11NO5S2/c14-19(15,13-10-5-2-1-3-6-10)11-7-4-8-12(9-11)20(16,17)18/h1-9,13H,(H,16,17,18)/p-1. The first-order valence-electron chi connectivity index (χ1n) is 5.43. The molecule has 0 spiro atoms. The third-order valence-electron chi connectivity index (χ3n) is 2.43. The molecule has 6 nitrogen and oxygen atoms in total. The number of nitrogens with one attached hydrogen (secondary N) is 1. The van der Waals surface area contributed by atoms with Gasteiger partial charge in [0.1, 0.15) is 10.1 Å². The van der Waals surface area contributed by atoms with Gasteiger partial charge in [0, 0.05) is 5.69 Å². The molecule has 0 aromatic heterocycles. The second-order valence-electron chi connectivity index (χ2n) is 3.90. The van der Waals surface area contributed by atoms with Gasteiger partial charge in [-0.2, -0.15) is 0 Å². The number of anilines is 1. The number of sulfonamides is 1. The van der Waals surface area contributed by atoms with E-state index in [4.69, 9.17) is 0 Å². The second kappa shape index (κ2) is 5.23. The predicted molar refractivity (Wildman–Crippen MR) is 71.7 cm³/mol. The monoisotopic (exact) mass is 312 g/mol. The highest BCUT2D eigenvalue weighted by atomic mass is 32.2. The molecule has 0 amide bonds. The molecule has 0 bridgehead atoms. The van der Waals surface area contributed by atoms with Crippen LogP contribution >= 0.6 is 0 Å². The van der Waals surface area contributed by atoms with Crippen LogP contribution in [0.4, 0.5) is 5.69 Å². The average Bonchev–Trinajstić information content (AvgIpc) is 2.38. The van der Waals surface area contributed by atoms with E-state index in [1.54, 1.807) is 30.3 Å². The van der Waals surface area contributed by atoms with Crippen molar-refractivity contribution in [3.63, 3.8) is 0 Å². The third-order valence-corrected chi connectivity index (χ3v) is 4.64. The van der Waals surface area contributed by atoms with Gasteiger partial charge in [0.25, 0.3) is 10.0 Å². The molecule has 106 valence electrons. The summed E-state index contributed by atoms with van der Waals surface area (Å²) in [4.78, 5) is -0.883. The Hall–Kier alpha value is -1.90. The molecule has 0 unspecified atom stereocenters. The van der Waals surface area contributed by atoms with Crippen molar-refractivity contribution in [1.82, 2.24) is 0 Å². The van der Waals surface area contributed by atoms with Gasteiger partial charge in [-0.25, -0.2) is 16.8 Å². The summed E-state index contributed by atoms with van der Waals surface area (Å²) in [5.74, 6) is 0. The van der Waals surface area contributed by atoms with E-state index in [1.807, 2.05) is 0 Å². The lowest BCUT2D eigenvalue weighted by atomic mass is 10.3. The minimum atomic E-state index is -4.70. The van der Waals surface area contributed by atoms with Crippen molar-refractivity contribution in [2.45, 2.75) is 9.79 Å². The second-order valence-corrected chi connectivity index (χ2v) is 6.96. The molecule has 0 aliphatic heterocycles. The highest BCUT2D eigenvalue weighted by Crippen LogP contribution is 2.18. The van der Waals surface area contributed by atoms with Crippen molar-refractivity contribution in [3.8, 4) is 0 Å². The zero-order chi connectivity index (χ0) is 14.8. The maximum absolute atomic E-state index is 12.1. The number of hydrogen-bond acceptors (Lipinski definition) is 5. The molecule has 20 heavy (non-hydrogen) atoms. The summed E-state index contributed by atoms with van der Waals surface area (Å²) in [6, 6.07) is 12.4. The summed E-state index contributed by atoms with van der Waals surface area (Å²) in [6.45, 7) is 0. The van der Waals surface area contributed by atoms with Crippen LogP contribution in [-0.4, -0.2) is 21.4 Å². The summed E-state index contributed by atoms with van der Waals surface area (Å²) < 4.78 is 59.1. The maximum atomic E-state index is 12.1. The summed E-state index contributed by atoms with van der Waals surface area (Å²) in [5, 5.41) is 0. The lowest BCUT2D eigenvalue weighted by molar-refractivity contribution is 0.463. The molecular formula is C12H10NO5S2-. The van der Waals surface area contributed by atoms with E-state index >= 15 is 0 Å². The first-order chi connectivity index (χ1) is 9.29. The number of hydrogen-bond donors (Lipinski definition) is 1. The Balaban J connectivity index is 2.40. The fourth-order valence-electron chi connectivity index (χ4n) is 1.52. The first kappa shape index (κ1) is 14.5. The van der Waals surface area contributed by atoms with Gasteiger partial charge in [0.2, 0.25) is 0 Å². The summed E-state index contributed by atoms with van der Waals surface area (Å²) in [5.41, 5.74) is 0.336. The Morgan fingerprint density at radius 3 is 2.00 bits per heavy atom. The van der Waals surface area contributed by atoms with Gasteiger partial charge in [-0.05, 0) is 30.3 Å². The number of para-hydroxylation sites is 1. The van der Waals surface area contributed by atoms with Gasteiger partial charge in [-0.1, -0.05) is 24.3 Å². The molecule has 2 aromatic rings. The van der Waals surface area contributed by atoms with Crippen LogP contribution in [0.3, 0.4) is 0 Å². The molecule has 0 atom stereocenters. The molecule has 0 heterocycles. The molecule has 0 aliphatic rings. The SMILES string of the molecule is O=S(=O)([O-])c1cccc(S(=O)(=O)Nc2ccccc2)c1. The van der Waals surface area contributed by atoms with Crippen molar-refractivity contribution in [2.24, 2.45) is 0 Å². The van der Waals surface area contributed by atoms with E-state index in [9.17, 15) is 21.4 Å². The van der Waals surface area contributed by atoms with Crippen LogP contribution in [0.15, 0.2) is 64.4 Å². The quantitative estimate of drug-likeness (QED) is 0.859. The van der Waals surface area contributed by atoms with Gasteiger partial charge in [0.15, 0.2) is 0 Å². The molecule has 0 aliphatic carbocycles. The molecule has 0 saturated carbocycles. The molecule has 1 N–H and O–H groups in total. The van der Waals surface area contributed by atoms with Gasteiger partial charge < -0.3 is 4.55 Å². The Labute approximate surface area is 116 Å². The van der Waals surface area contributed by atoms with E-state index < -0.39 is 25.0 Å². The lowest BCUT2D eigenvalue weighted by Crippen LogP contribution is -2.13. The van der Waals surface area contributed by atoms with Crippen molar-refractivity contribution >= 4 is 25.8 Å². The maximum Gasteiger partial charge on any atom is 0.261 e. The fraction of sp³-hybridized carbons (Fsp3) is 0. The van der Waals surface area contributed by atoms with Crippen molar-refractivity contribution in [2.75, 3.05) is 4.72 Å². The molecule has 0 fully saturated rings. The molecule has 2 rings (SSSR count). The molecular weight excluding hydrogens is 302 g/mol. The predicted octanol–water partition coefficient (Wildman–Crippen LogP) is 1.39. The average molecular weight is 312 g/mol. The van der Waals surface area contributed by atoms with Gasteiger partial charge in [0.05, 0.1) is 9.79 Å². The zero-order valence-corrected chi connectivity index (χ0v) is 11.7. The van der Waals surface area contributed by atoms with Gasteiger partial charge in [-0.3, -0.25) is 4.72 Å². The summed E-state index contributed by atoms with van der Waals surface area (Å²) in [7, 11) is -8.65. The fourth-order valence-corrected chi connectivity index (χ4v) is 3.21. The van der Waals surface area contributed by atoms with Crippen LogP contribution in [0.25, 0.3) is 0 Å². The van der Waals surface area contributed by atoms with E-state index in [1.165, 1.54) is 12.1 Å². The van der Waals surface area contributed by atoms with Crippen LogP contribution in [0, 0.1) is 0 Å². The Bertz CT molecular complexity index is 814. The highest BCUT2D eigenvalue weighted by Gasteiger charge is 2.15. The number of rotatable bonds is 4. The van der Waals surface area contributed by atoms with Crippen molar-refractivity contribution in [1.29, 1.82) is 0 Å². The summed E-state index contributed by atoms with van der Waals surface area (Å²) in [6.07, 6.45) is 0. The highest BCUT2D eigenvalue weighted by molar-refractivity contribution is 7.92. The zero-order valence-electron chi connectivity index (χ0n) is 10.1. The minimum absolute atomic E-state index is 0.293. The molecule has 2 aromatic carbocycles. The molecule has 8 heteroatoms. The summed E-state index contributed by atoms with van der Waals surface area (Å²) >= 11 is 0. The number of benzene rings is 2. The Kier molecular flexibility index (Phi) is 3.80. The van der Waals surface area contributed by atoms with Crippen LogP contribution < -0.4 is 4.72 Å². The smallest absolute Gasteiger partial charge is 0.261 e. The van der Waals surface area contributed by atoms with Crippen LogP contribution in [0.1, 0.15) is 0 Å². The Morgan fingerprint density at radius 2 is 1.40 bits per heavy atom. The molecule has 0 radical (unpaired) electrons. The van der Waals surface area contributed by atoms with E-state index in [0.29, 0.717) is 5.69 Å². The Morgan fingerprint density at radius 1 is 0.800 bits per heavy atom. The van der Waals surface area contributed by atoms with Gasteiger partial charge >= 0.3 is 0 Å². The van der Waals surface area contributed by atoms with E-state index in [0.717, 1.165) is 12.1 Å². The van der Waals surface area contributed by atoms with Crippen LogP contribution in [0.5, 0.6) is 0 Å². The van der Waals surface area contributed by atoms with E-state index in [-0.39, 0.29) is 4.90 Å². The largest absolute Gasteiger partial charge is 0.744 e. The van der Waals surface area contributed by atoms with Crippen molar-refractivity contribution < 1.29 is 21.4 Å². The van der Waals surface area contributed by atoms with Crippen LogP contribution in [0.2, 0.25) is 0 Å². The lowest BCUT2D eigenvalue weighted by Gasteiger charge is -2.11.